The first kappa shape index (κ1) is 22.5. The number of carbonyl (C=O) groups is 1. The minimum atomic E-state index is -0.369. The van der Waals surface area contributed by atoms with Crippen LogP contribution in [0.1, 0.15) is 12.5 Å². The van der Waals surface area contributed by atoms with Gasteiger partial charge in [-0.3, -0.25) is 19.3 Å². The minimum Gasteiger partial charge on any atom is -0.491 e. The number of rotatable bonds is 8. The van der Waals surface area contributed by atoms with Crippen molar-refractivity contribution < 1.29 is 14.6 Å². The number of fused-ring (bicyclic) bond motifs is 1. The number of nitrogens with zero attached hydrogens (tertiary/aromatic N) is 6. The number of benzene rings is 1. The van der Waals surface area contributed by atoms with E-state index in [4.69, 9.17) is 9.84 Å². The topological polar surface area (TPSA) is 118 Å². The van der Waals surface area contributed by atoms with Crippen molar-refractivity contribution in [3.63, 3.8) is 0 Å². The SMILES string of the molecule is CCN(S)C(=O)Nc1ccc2ncc(-c3cnn(Cc4ccc(OCCO)cc4)c3)nc2n1. The van der Waals surface area contributed by atoms with Crippen LogP contribution in [0.4, 0.5) is 10.6 Å². The number of pyridine rings is 1. The van der Waals surface area contributed by atoms with Gasteiger partial charge in [0.05, 0.1) is 31.2 Å². The van der Waals surface area contributed by atoms with Crippen molar-refractivity contribution in [2.45, 2.75) is 13.5 Å². The first-order valence-corrected chi connectivity index (χ1v) is 10.7. The number of anilines is 1. The molecule has 4 aromatic rings. The maximum atomic E-state index is 12.0. The summed E-state index contributed by atoms with van der Waals surface area (Å²) >= 11 is 4.09. The molecule has 3 aromatic heterocycles. The largest absolute Gasteiger partial charge is 0.491 e. The summed E-state index contributed by atoms with van der Waals surface area (Å²) in [5.74, 6) is 1.08. The smallest absolute Gasteiger partial charge is 0.332 e. The van der Waals surface area contributed by atoms with Gasteiger partial charge in [-0.15, -0.1) is 0 Å². The minimum absolute atomic E-state index is 0.0198. The molecule has 0 radical (unpaired) electrons. The van der Waals surface area contributed by atoms with Crippen molar-refractivity contribution in [3.05, 3.63) is 60.6 Å². The predicted molar refractivity (Wildman–Crippen MR) is 127 cm³/mol. The van der Waals surface area contributed by atoms with Crippen LogP contribution in [-0.4, -0.2) is 59.9 Å². The van der Waals surface area contributed by atoms with Crippen LogP contribution in [0.5, 0.6) is 5.75 Å². The molecule has 2 N–H and O–H groups in total. The highest BCUT2D eigenvalue weighted by molar-refractivity contribution is 7.78. The third kappa shape index (κ3) is 5.57. The van der Waals surface area contributed by atoms with Crippen LogP contribution >= 0.6 is 12.8 Å². The number of thiol groups is 1. The summed E-state index contributed by atoms with van der Waals surface area (Å²) in [6.07, 6.45) is 5.28. The molecular weight excluding hydrogens is 442 g/mol. The maximum absolute atomic E-state index is 12.0. The van der Waals surface area contributed by atoms with Gasteiger partial charge >= 0.3 is 6.03 Å². The van der Waals surface area contributed by atoms with Crippen LogP contribution < -0.4 is 10.1 Å². The molecule has 0 unspecified atom stereocenters. The van der Waals surface area contributed by atoms with Crippen LogP contribution in [-0.2, 0) is 6.54 Å². The molecule has 3 heterocycles. The highest BCUT2D eigenvalue weighted by Crippen LogP contribution is 2.20. The lowest BCUT2D eigenvalue weighted by Crippen LogP contribution is -2.27. The van der Waals surface area contributed by atoms with Crippen molar-refractivity contribution in [2.75, 3.05) is 25.1 Å². The van der Waals surface area contributed by atoms with E-state index in [0.29, 0.717) is 41.5 Å². The fourth-order valence-electron chi connectivity index (χ4n) is 3.05. The lowest BCUT2D eigenvalue weighted by molar-refractivity contribution is 0.201. The Labute approximate surface area is 195 Å². The van der Waals surface area contributed by atoms with Crippen LogP contribution in [0, 0.1) is 0 Å². The van der Waals surface area contributed by atoms with E-state index in [2.05, 4.69) is 38.2 Å². The zero-order valence-electron chi connectivity index (χ0n) is 17.9. The Morgan fingerprint density at radius 3 is 2.76 bits per heavy atom. The molecule has 0 fully saturated rings. The number of aromatic nitrogens is 5. The highest BCUT2D eigenvalue weighted by atomic mass is 32.1. The van der Waals surface area contributed by atoms with Gasteiger partial charge in [-0.05, 0) is 36.8 Å². The van der Waals surface area contributed by atoms with Gasteiger partial charge in [-0.25, -0.2) is 14.8 Å². The molecule has 0 bridgehead atoms. The predicted octanol–water partition coefficient (Wildman–Crippen LogP) is 3.01. The van der Waals surface area contributed by atoms with E-state index in [9.17, 15) is 4.79 Å². The maximum Gasteiger partial charge on any atom is 0.332 e. The third-order valence-corrected chi connectivity index (χ3v) is 5.20. The molecule has 0 aliphatic carbocycles. The Balaban J connectivity index is 1.49. The van der Waals surface area contributed by atoms with Gasteiger partial charge in [0.2, 0.25) is 0 Å². The molecule has 11 heteroatoms. The Kier molecular flexibility index (Phi) is 7.01. The number of hydrogen-bond donors (Lipinski definition) is 3. The second kappa shape index (κ2) is 10.3. The van der Waals surface area contributed by atoms with E-state index in [1.807, 2.05) is 37.4 Å². The van der Waals surface area contributed by atoms with Crippen molar-refractivity contribution in [3.8, 4) is 17.0 Å². The molecule has 0 atom stereocenters. The first-order chi connectivity index (χ1) is 16.1. The molecule has 0 aliphatic heterocycles. The molecule has 170 valence electrons. The summed E-state index contributed by atoms with van der Waals surface area (Å²) in [4.78, 5) is 25.4. The highest BCUT2D eigenvalue weighted by Gasteiger charge is 2.11. The Morgan fingerprint density at radius 2 is 2.00 bits per heavy atom. The van der Waals surface area contributed by atoms with E-state index in [0.717, 1.165) is 11.1 Å². The van der Waals surface area contributed by atoms with Gasteiger partial charge in [0.25, 0.3) is 0 Å². The molecule has 0 saturated heterocycles. The fourth-order valence-corrected chi connectivity index (χ4v) is 3.10. The number of carbonyl (C=O) groups excluding carboxylic acids is 1. The number of aliphatic hydroxyl groups excluding tert-OH is 1. The standard InChI is InChI=1S/C22H23N7O3S/c1-2-29(33)22(31)27-20-8-7-18-21(26-20)25-19(12-23-18)16-11-24-28(14-16)13-15-3-5-17(6-4-15)32-10-9-30/h3-8,11-12,14,30,33H,2,9-10,13H2,1H3,(H,25,26,27,31). The van der Waals surface area contributed by atoms with E-state index in [-0.39, 0.29) is 19.2 Å². The van der Waals surface area contributed by atoms with Gasteiger partial charge in [-0.2, -0.15) is 5.10 Å². The van der Waals surface area contributed by atoms with Crippen LogP contribution in [0.25, 0.3) is 22.4 Å². The Morgan fingerprint density at radius 1 is 1.18 bits per heavy atom. The summed E-state index contributed by atoms with van der Waals surface area (Å²) in [6.45, 7) is 3.10. The fraction of sp³-hybridized carbons (Fsp3) is 0.227. The molecule has 2 amide bonds. The Hall–Kier alpha value is -3.70. The average Bonchev–Trinajstić information content (AvgIpc) is 3.31. The zero-order chi connectivity index (χ0) is 23.2. The molecule has 10 nitrogen and oxygen atoms in total. The summed E-state index contributed by atoms with van der Waals surface area (Å²) < 4.78 is 8.44. The third-order valence-electron chi connectivity index (χ3n) is 4.73. The second-order valence-electron chi connectivity index (χ2n) is 7.08. The zero-order valence-corrected chi connectivity index (χ0v) is 18.8. The molecule has 0 aliphatic rings. The molecule has 0 saturated carbocycles. The van der Waals surface area contributed by atoms with Gasteiger partial charge in [0.15, 0.2) is 5.65 Å². The average molecular weight is 466 g/mol. The van der Waals surface area contributed by atoms with Crippen molar-refractivity contribution in [1.82, 2.24) is 29.0 Å². The summed E-state index contributed by atoms with van der Waals surface area (Å²) in [7, 11) is 0. The number of hydrogen-bond acceptors (Lipinski definition) is 8. The number of amides is 2. The molecule has 1 aromatic carbocycles. The normalized spacial score (nSPS) is 10.9. The molecule has 4 rings (SSSR count). The van der Waals surface area contributed by atoms with Crippen LogP contribution in [0.2, 0.25) is 0 Å². The summed E-state index contributed by atoms with van der Waals surface area (Å²) in [5, 5.41) is 15.9. The molecular formula is C22H23N7O3S. The molecule has 33 heavy (non-hydrogen) atoms. The van der Waals surface area contributed by atoms with Crippen molar-refractivity contribution >= 4 is 35.8 Å². The van der Waals surface area contributed by atoms with Gasteiger partial charge < -0.3 is 9.84 Å². The van der Waals surface area contributed by atoms with Crippen molar-refractivity contribution in [2.24, 2.45) is 0 Å². The lowest BCUT2D eigenvalue weighted by Gasteiger charge is -2.13. The number of aliphatic hydroxyl groups is 1. The summed E-state index contributed by atoms with van der Waals surface area (Å²) in [6, 6.07) is 10.7. The van der Waals surface area contributed by atoms with Gasteiger partial charge in [0, 0.05) is 18.3 Å². The van der Waals surface area contributed by atoms with Crippen LogP contribution in [0.3, 0.4) is 0 Å². The van der Waals surface area contributed by atoms with E-state index in [1.54, 1.807) is 29.2 Å². The quantitative estimate of drug-likeness (QED) is 0.342. The second-order valence-corrected chi connectivity index (χ2v) is 7.57. The summed E-state index contributed by atoms with van der Waals surface area (Å²) in [5.41, 5.74) is 3.51. The number of urea groups is 1. The van der Waals surface area contributed by atoms with Crippen LogP contribution in [0.15, 0.2) is 55.0 Å². The number of ether oxygens (including phenoxy) is 1. The van der Waals surface area contributed by atoms with E-state index in [1.165, 1.54) is 4.31 Å². The number of nitrogens with one attached hydrogen (secondary N) is 1. The van der Waals surface area contributed by atoms with E-state index < -0.39 is 0 Å². The Bertz CT molecular complexity index is 1250. The van der Waals surface area contributed by atoms with E-state index >= 15 is 0 Å². The first-order valence-electron chi connectivity index (χ1n) is 10.3. The lowest BCUT2D eigenvalue weighted by atomic mass is 10.2. The van der Waals surface area contributed by atoms with Crippen molar-refractivity contribution in [1.29, 1.82) is 0 Å². The molecule has 0 spiro atoms. The van der Waals surface area contributed by atoms with Gasteiger partial charge in [0.1, 0.15) is 23.7 Å². The monoisotopic (exact) mass is 465 g/mol. The van der Waals surface area contributed by atoms with Gasteiger partial charge in [-0.1, -0.05) is 24.9 Å².